The van der Waals surface area contributed by atoms with Gasteiger partial charge in [-0.2, -0.15) is 4.98 Å². The van der Waals surface area contributed by atoms with Crippen LogP contribution in [0.15, 0.2) is 65.7 Å². The number of nitrogens with zero attached hydrogens (tertiary/aromatic N) is 2. The molecule has 0 N–H and O–H groups in total. The minimum atomic E-state index is -1.03. The molecule has 0 saturated heterocycles. The number of fused-ring (bicyclic) bond motifs is 1. The van der Waals surface area contributed by atoms with E-state index in [4.69, 9.17) is 4.74 Å². The molecule has 5 nitrogen and oxygen atoms in total. The van der Waals surface area contributed by atoms with Crippen molar-refractivity contribution in [1.29, 1.82) is 0 Å². The molecule has 0 fully saturated rings. The van der Waals surface area contributed by atoms with Gasteiger partial charge in [-0.3, -0.25) is 9.59 Å². The zero-order chi connectivity index (χ0) is 23.3. The van der Waals surface area contributed by atoms with Crippen LogP contribution >= 0.6 is 0 Å². The molecular formula is C24H19F3N2O3. The van der Waals surface area contributed by atoms with Crippen molar-refractivity contribution in [2.45, 2.75) is 20.4 Å². The van der Waals surface area contributed by atoms with E-state index in [2.05, 4.69) is 4.98 Å². The summed E-state index contributed by atoms with van der Waals surface area (Å²) in [6.45, 7) is 3.72. The summed E-state index contributed by atoms with van der Waals surface area (Å²) < 4.78 is 48.3. The first kappa shape index (κ1) is 22.7. The first-order valence-corrected chi connectivity index (χ1v) is 9.80. The Hall–Kier alpha value is -3.94. The highest BCUT2D eigenvalue weighted by molar-refractivity contribution is 5.80. The second kappa shape index (κ2) is 9.91. The minimum Gasteiger partial charge on any atom is -0.457 e. The summed E-state index contributed by atoms with van der Waals surface area (Å²) in [6, 6.07) is 12.2. The third-order valence-electron chi connectivity index (χ3n) is 4.51. The Morgan fingerprint density at radius 3 is 2.19 bits per heavy atom. The number of rotatable bonds is 5. The van der Waals surface area contributed by atoms with Crippen LogP contribution in [-0.4, -0.2) is 15.8 Å². The number of carbonyl (C=O) groups is 1. The van der Waals surface area contributed by atoms with Crippen LogP contribution in [0.3, 0.4) is 0 Å². The first-order valence-electron chi connectivity index (χ1n) is 9.80. The lowest BCUT2D eigenvalue weighted by molar-refractivity contribution is 0.112. The molecule has 0 amide bonds. The van der Waals surface area contributed by atoms with Gasteiger partial charge in [0.15, 0.2) is 0 Å². The third-order valence-corrected chi connectivity index (χ3v) is 4.51. The van der Waals surface area contributed by atoms with Gasteiger partial charge >= 0.3 is 0 Å². The summed E-state index contributed by atoms with van der Waals surface area (Å²) in [5.74, 6) is -2.27. The van der Waals surface area contributed by atoms with Crippen LogP contribution < -0.4 is 10.3 Å². The fraction of sp³-hybridized carbons (Fsp3) is 0.125. The molecule has 4 aromatic rings. The lowest BCUT2D eigenvalue weighted by Crippen LogP contribution is -2.14. The van der Waals surface area contributed by atoms with E-state index in [1.807, 2.05) is 13.8 Å². The maximum Gasteiger partial charge on any atom is 0.280 e. The summed E-state index contributed by atoms with van der Waals surface area (Å²) in [5, 5.41) is 0.183. The zero-order valence-electron chi connectivity index (χ0n) is 17.3. The molecule has 0 aliphatic carbocycles. The predicted molar refractivity (Wildman–Crippen MR) is 115 cm³/mol. The summed E-state index contributed by atoms with van der Waals surface area (Å²) in [7, 11) is 0. The Kier molecular flexibility index (Phi) is 7.04. The van der Waals surface area contributed by atoms with Gasteiger partial charge < -0.3 is 9.30 Å². The molecule has 0 aliphatic rings. The predicted octanol–water partition coefficient (Wildman–Crippen LogP) is 5.49. The summed E-state index contributed by atoms with van der Waals surface area (Å²) in [4.78, 5) is 26.7. The summed E-state index contributed by atoms with van der Waals surface area (Å²) in [5.41, 5.74) is -0.0169. The van der Waals surface area contributed by atoms with E-state index >= 15 is 0 Å². The van der Waals surface area contributed by atoms with Gasteiger partial charge in [-0.1, -0.05) is 13.8 Å². The van der Waals surface area contributed by atoms with E-state index < -0.39 is 23.0 Å². The van der Waals surface area contributed by atoms with Gasteiger partial charge in [0.05, 0.1) is 23.8 Å². The number of benzene rings is 3. The van der Waals surface area contributed by atoms with Gasteiger partial charge in [-0.25, -0.2) is 13.2 Å². The largest absolute Gasteiger partial charge is 0.457 e. The van der Waals surface area contributed by atoms with Gasteiger partial charge in [0, 0.05) is 23.3 Å². The Bertz CT molecular complexity index is 1300. The number of aldehydes is 1. The lowest BCUT2D eigenvalue weighted by atomic mass is 10.1. The number of ether oxygens (including phenoxy) is 1. The van der Waals surface area contributed by atoms with Gasteiger partial charge in [0.1, 0.15) is 35.2 Å². The van der Waals surface area contributed by atoms with Crippen molar-refractivity contribution in [2.75, 3.05) is 0 Å². The Morgan fingerprint density at radius 2 is 1.56 bits per heavy atom. The van der Waals surface area contributed by atoms with Crippen molar-refractivity contribution in [1.82, 2.24) is 9.55 Å². The van der Waals surface area contributed by atoms with E-state index in [1.54, 1.807) is 36.4 Å². The molecule has 0 radical (unpaired) electrons. The standard InChI is InChI=1S/C22H13F3N2O3.C2H6/c23-14-7-19(24)18(20(25)8-14)10-27-12-26-22(29)17-9-16(5-6-21(17)27)30-15-3-1-13(11-28)2-4-15;1-2/h1-9,11-12H,10H2;1-2H3. The highest BCUT2D eigenvalue weighted by Crippen LogP contribution is 2.25. The zero-order valence-corrected chi connectivity index (χ0v) is 17.3. The lowest BCUT2D eigenvalue weighted by Gasteiger charge is -2.13. The fourth-order valence-electron chi connectivity index (χ4n) is 3.02. The van der Waals surface area contributed by atoms with Gasteiger partial charge in [-0.15, -0.1) is 0 Å². The maximum absolute atomic E-state index is 14.0. The number of carbonyl (C=O) groups excluding carboxylic acids is 1. The van der Waals surface area contributed by atoms with Crippen molar-refractivity contribution in [3.05, 3.63) is 99.9 Å². The van der Waals surface area contributed by atoms with Gasteiger partial charge in [0.25, 0.3) is 5.56 Å². The van der Waals surface area contributed by atoms with E-state index in [9.17, 15) is 22.8 Å². The van der Waals surface area contributed by atoms with E-state index in [1.165, 1.54) is 17.0 Å². The molecule has 32 heavy (non-hydrogen) atoms. The molecule has 1 heterocycles. The molecule has 8 heteroatoms. The van der Waals surface area contributed by atoms with Crippen LogP contribution in [-0.2, 0) is 6.54 Å². The molecule has 0 atom stereocenters. The second-order valence-corrected chi connectivity index (χ2v) is 6.49. The van der Waals surface area contributed by atoms with E-state index in [0.717, 1.165) is 0 Å². The molecule has 3 aromatic carbocycles. The van der Waals surface area contributed by atoms with Crippen LogP contribution in [0.1, 0.15) is 29.8 Å². The first-order chi connectivity index (χ1) is 15.4. The SMILES string of the molecule is CC.O=Cc1ccc(Oc2ccc3c(c2)c(=O)ncn3Cc2c(F)cc(F)cc2F)cc1. The number of hydrogen-bond acceptors (Lipinski definition) is 4. The van der Waals surface area contributed by atoms with E-state index in [0.29, 0.717) is 41.0 Å². The van der Waals surface area contributed by atoms with Crippen LogP contribution in [0.4, 0.5) is 13.2 Å². The topological polar surface area (TPSA) is 61.2 Å². The normalized spacial score (nSPS) is 10.4. The Labute approximate surface area is 181 Å². The fourth-order valence-corrected chi connectivity index (χ4v) is 3.02. The Morgan fingerprint density at radius 1 is 0.938 bits per heavy atom. The van der Waals surface area contributed by atoms with Crippen LogP contribution in [0.2, 0.25) is 0 Å². The van der Waals surface area contributed by atoms with Crippen molar-refractivity contribution < 1.29 is 22.7 Å². The van der Waals surface area contributed by atoms with Crippen molar-refractivity contribution in [3.8, 4) is 11.5 Å². The maximum atomic E-state index is 14.0. The molecule has 164 valence electrons. The number of aromatic nitrogens is 2. The van der Waals surface area contributed by atoms with E-state index in [-0.39, 0.29) is 17.5 Å². The average Bonchev–Trinajstić information content (AvgIpc) is 2.79. The van der Waals surface area contributed by atoms with Gasteiger partial charge in [-0.05, 0) is 42.5 Å². The number of hydrogen-bond donors (Lipinski definition) is 0. The van der Waals surface area contributed by atoms with Crippen LogP contribution in [0.25, 0.3) is 10.9 Å². The highest BCUT2D eigenvalue weighted by atomic mass is 19.1. The third kappa shape index (κ3) is 4.85. The molecule has 0 unspecified atom stereocenters. The molecule has 1 aromatic heterocycles. The molecule has 0 spiro atoms. The highest BCUT2D eigenvalue weighted by Gasteiger charge is 2.14. The second-order valence-electron chi connectivity index (χ2n) is 6.49. The average molecular weight is 440 g/mol. The van der Waals surface area contributed by atoms with Crippen LogP contribution in [0.5, 0.6) is 11.5 Å². The summed E-state index contributed by atoms with van der Waals surface area (Å²) >= 11 is 0. The van der Waals surface area contributed by atoms with Crippen molar-refractivity contribution in [2.24, 2.45) is 0 Å². The molecule has 4 rings (SSSR count). The Balaban J connectivity index is 0.00000141. The molecule has 0 aliphatic heterocycles. The molecular weight excluding hydrogens is 421 g/mol. The van der Waals surface area contributed by atoms with Crippen LogP contribution in [0, 0.1) is 17.5 Å². The molecule has 0 saturated carbocycles. The monoisotopic (exact) mass is 440 g/mol. The number of halogens is 3. The van der Waals surface area contributed by atoms with Crippen molar-refractivity contribution >= 4 is 17.2 Å². The minimum absolute atomic E-state index is 0.183. The quantitative estimate of drug-likeness (QED) is 0.385. The molecule has 0 bridgehead atoms. The summed E-state index contributed by atoms with van der Waals surface area (Å²) in [6.07, 6.45) is 1.88. The van der Waals surface area contributed by atoms with Gasteiger partial charge in [0.2, 0.25) is 0 Å². The smallest absolute Gasteiger partial charge is 0.280 e. The van der Waals surface area contributed by atoms with Crippen molar-refractivity contribution in [3.63, 3.8) is 0 Å².